The molecule has 0 heterocycles. The van der Waals surface area contributed by atoms with Crippen LogP contribution in [0.3, 0.4) is 0 Å². The Hall–Kier alpha value is -1.45. The maximum absolute atomic E-state index is 12.3. The van der Waals surface area contributed by atoms with Gasteiger partial charge in [0, 0.05) is 0 Å². The average Bonchev–Trinajstić information content (AvgIpc) is 2.53. The lowest BCUT2D eigenvalue weighted by molar-refractivity contribution is -0.274. The molecule has 1 aromatic rings. The first-order valence-corrected chi connectivity index (χ1v) is 8.51. The van der Waals surface area contributed by atoms with Crippen molar-refractivity contribution in [2.24, 2.45) is 11.8 Å². The summed E-state index contributed by atoms with van der Waals surface area (Å²) in [6, 6.07) is 4.76. The molecular formula is C19H23F3O. The third kappa shape index (κ3) is 4.10. The monoisotopic (exact) mass is 324 g/mol. The van der Waals surface area contributed by atoms with Gasteiger partial charge in [0.2, 0.25) is 0 Å². The number of alkyl halides is 3. The zero-order chi connectivity index (χ0) is 16.4. The second-order valence-electron chi connectivity index (χ2n) is 6.76. The van der Waals surface area contributed by atoms with Gasteiger partial charge in [-0.15, -0.1) is 13.2 Å². The van der Waals surface area contributed by atoms with Crippen molar-refractivity contribution in [2.75, 3.05) is 0 Å². The van der Waals surface area contributed by atoms with Crippen LogP contribution in [0.2, 0.25) is 0 Å². The fourth-order valence-electron chi connectivity index (χ4n) is 3.95. The third-order valence-electron chi connectivity index (χ3n) is 5.34. The molecule has 0 N–H and O–H groups in total. The van der Waals surface area contributed by atoms with Gasteiger partial charge in [0.25, 0.3) is 0 Å². The molecule has 1 saturated carbocycles. The molecule has 1 nitrogen and oxygen atoms in total. The highest BCUT2D eigenvalue weighted by atomic mass is 19.4. The zero-order valence-electron chi connectivity index (χ0n) is 13.5. The van der Waals surface area contributed by atoms with Crippen molar-refractivity contribution in [1.82, 2.24) is 0 Å². The maximum Gasteiger partial charge on any atom is 0.573 e. The molecule has 0 bridgehead atoms. The van der Waals surface area contributed by atoms with E-state index < -0.39 is 6.36 Å². The fourth-order valence-corrected chi connectivity index (χ4v) is 3.95. The minimum Gasteiger partial charge on any atom is -0.406 e. The Morgan fingerprint density at radius 3 is 2.48 bits per heavy atom. The van der Waals surface area contributed by atoms with Gasteiger partial charge in [-0.3, -0.25) is 0 Å². The molecule has 0 aromatic heterocycles. The van der Waals surface area contributed by atoms with E-state index in [1.54, 1.807) is 6.07 Å². The van der Waals surface area contributed by atoms with E-state index in [0.29, 0.717) is 12.3 Å². The van der Waals surface area contributed by atoms with Gasteiger partial charge in [-0.1, -0.05) is 31.1 Å². The summed E-state index contributed by atoms with van der Waals surface area (Å²) in [7, 11) is 0. The lowest BCUT2D eigenvalue weighted by atomic mass is 9.74. The quantitative estimate of drug-likeness (QED) is 0.636. The maximum atomic E-state index is 12.3. The number of ether oxygens (including phenoxy) is 1. The highest BCUT2D eigenvalue weighted by molar-refractivity contribution is 5.42. The Morgan fingerprint density at radius 1 is 1.09 bits per heavy atom. The molecule has 23 heavy (non-hydrogen) atoms. The van der Waals surface area contributed by atoms with Crippen LogP contribution in [0.1, 0.15) is 50.2 Å². The van der Waals surface area contributed by atoms with Crippen molar-refractivity contribution >= 4 is 0 Å². The third-order valence-corrected chi connectivity index (χ3v) is 5.34. The second kappa shape index (κ2) is 6.58. The number of rotatable bonds is 3. The van der Waals surface area contributed by atoms with Crippen LogP contribution in [0, 0.1) is 11.8 Å². The standard InChI is InChI=1S/C19H23F3O/c1-2-13-3-5-14(6-4-13)15-7-8-17-12-18(23-19(20,21)22)10-9-16(17)11-15/h7,9-10,12-14H,2-6,8,11H2,1H3. The molecule has 1 fully saturated rings. The summed E-state index contributed by atoms with van der Waals surface area (Å²) < 4.78 is 40.9. The molecule has 0 spiro atoms. The van der Waals surface area contributed by atoms with Gasteiger partial charge in [0.15, 0.2) is 0 Å². The van der Waals surface area contributed by atoms with Crippen molar-refractivity contribution in [1.29, 1.82) is 0 Å². The van der Waals surface area contributed by atoms with E-state index in [9.17, 15) is 13.2 Å². The van der Waals surface area contributed by atoms with E-state index in [2.05, 4.69) is 17.7 Å². The normalized spacial score (nSPS) is 24.8. The fraction of sp³-hybridized carbons (Fsp3) is 0.579. The molecule has 0 unspecified atom stereocenters. The SMILES string of the molecule is CCC1CCC(C2=CCc3cc(OC(F)(F)F)ccc3C2)CC1. The molecule has 0 amide bonds. The minimum absolute atomic E-state index is 0.114. The van der Waals surface area contributed by atoms with Crippen LogP contribution < -0.4 is 4.74 Å². The summed E-state index contributed by atoms with van der Waals surface area (Å²) in [6.45, 7) is 2.27. The smallest absolute Gasteiger partial charge is 0.406 e. The number of allylic oxidation sites excluding steroid dienone is 2. The predicted octanol–water partition coefficient (Wildman–Crippen LogP) is 5.83. The Morgan fingerprint density at radius 2 is 1.83 bits per heavy atom. The van der Waals surface area contributed by atoms with Gasteiger partial charge in [0.05, 0.1) is 0 Å². The zero-order valence-corrected chi connectivity index (χ0v) is 13.5. The molecule has 0 radical (unpaired) electrons. The second-order valence-corrected chi connectivity index (χ2v) is 6.76. The van der Waals surface area contributed by atoms with Crippen LogP contribution in [-0.2, 0) is 12.8 Å². The number of hydrogen-bond donors (Lipinski definition) is 0. The molecule has 3 rings (SSSR count). The van der Waals surface area contributed by atoms with Crippen LogP contribution in [-0.4, -0.2) is 6.36 Å². The summed E-state index contributed by atoms with van der Waals surface area (Å²) >= 11 is 0. The Bertz CT molecular complexity index is 581. The summed E-state index contributed by atoms with van der Waals surface area (Å²) in [5, 5.41) is 0. The van der Waals surface area contributed by atoms with Crippen LogP contribution in [0.4, 0.5) is 13.2 Å². The Balaban J connectivity index is 1.66. The number of halogens is 3. The van der Waals surface area contributed by atoms with Crippen molar-refractivity contribution in [2.45, 2.75) is 58.2 Å². The molecule has 126 valence electrons. The van der Waals surface area contributed by atoms with Crippen LogP contribution in [0.25, 0.3) is 0 Å². The molecule has 0 saturated heterocycles. The van der Waals surface area contributed by atoms with Crippen molar-refractivity contribution in [3.8, 4) is 5.75 Å². The number of fused-ring (bicyclic) bond motifs is 1. The topological polar surface area (TPSA) is 9.23 Å². The van der Waals surface area contributed by atoms with Gasteiger partial charge in [0.1, 0.15) is 5.75 Å². The minimum atomic E-state index is -4.62. The van der Waals surface area contributed by atoms with Gasteiger partial charge >= 0.3 is 6.36 Å². The molecule has 4 heteroatoms. The largest absolute Gasteiger partial charge is 0.573 e. The first kappa shape index (κ1) is 16.4. The lowest BCUT2D eigenvalue weighted by Gasteiger charge is -2.31. The number of hydrogen-bond acceptors (Lipinski definition) is 1. The predicted molar refractivity (Wildman–Crippen MR) is 84.4 cm³/mol. The van der Waals surface area contributed by atoms with Gasteiger partial charge in [-0.2, -0.15) is 0 Å². The van der Waals surface area contributed by atoms with Crippen molar-refractivity contribution in [3.05, 3.63) is 41.0 Å². The Kier molecular flexibility index (Phi) is 4.69. The highest BCUT2D eigenvalue weighted by Crippen LogP contribution is 2.38. The van der Waals surface area contributed by atoms with Gasteiger partial charge in [-0.25, -0.2) is 0 Å². The summed E-state index contributed by atoms with van der Waals surface area (Å²) in [5.74, 6) is 1.43. The molecule has 0 atom stereocenters. The van der Waals surface area contributed by atoms with Crippen LogP contribution >= 0.6 is 0 Å². The van der Waals surface area contributed by atoms with Crippen LogP contribution in [0.5, 0.6) is 5.75 Å². The van der Waals surface area contributed by atoms with E-state index in [1.165, 1.54) is 49.8 Å². The van der Waals surface area contributed by atoms with Gasteiger partial charge in [-0.05, 0) is 73.6 Å². The molecule has 2 aliphatic rings. The summed E-state index contributed by atoms with van der Waals surface area (Å²) in [6.07, 6.45) is 5.61. The lowest BCUT2D eigenvalue weighted by Crippen LogP contribution is -2.19. The van der Waals surface area contributed by atoms with Gasteiger partial charge < -0.3 is 4.74 Å². The number of benzene rings is 1. The van der Waals surface area contributed by atoms with E-state index in [4.69, 9.17) is 0 Å². The summed E-state index contributed by atoms with van der Waals surface area (Å²) in [4.78, 5) is 0. The van der Waals surface area contributed by atoms with Crippen molar-refractivity contribution < 1.29 is 17.9 Å². The summed E-state index contributed by atoms with van der Waals surface area (Å²) in [5.41, 5.74) is 3.59. The first-order valence-electron chi connectivity index (χ1n) is 8.51. The van der Waals surface area contributed by atoms with E-state index in [1.807, 2.05) is 0 Å². The Labute approximate surface area is 135 Å². The van der Waals surface area contributed by atoms with Crippen LogP contribution in [0.15, 0.2) is 29.8 Å². The molecule has 2 aliphatic carbocycles. The van der Waals surface area contributed by atoms with Crippen molar-refractivity contribution in [3.63, 3.8) is 0 Å². The van der Waals surface area contributed by atoms with E-state index in [-0.39, 0.29) is 5.75 Å². The van der Waals surface area contributed by atoms with E-state index >= 15 is 0 Å². The molecule has 1 aromatic carbocycles. The first-order chi connectivity index (χ1) is 10.9. The van der Waals surface area contributed by atoms with E-state index in [0.717, 1.165) is 23.5 Å². The highest BCUT2D eigenvalue weighted by Gasteiger charge is 2.31. The molecule has 0 aliphatic heterocycles. The molecular weight excluding hydrogens is 301 g/mol. The average molecular weight is 324 g/mol.